The summed E-state index contributed by atoms with van der Waals surface area (Å²) in [4.78, 5) is 0. The highest BCUT2D eigenvalue weighted by Gasteiger charge is 2.24. The molecule has 1 heterocycles. The van der Waals surface area contributed by atoms with E-state index in [2.05, 4.69) is 29.5 Å². The second-order valence-electron chi connectivity index (χ2n) is 3.11. The molecule has 0 spiro atoms. The Kier molecular flexibility index (Phi) is 2.15. The molecule has 1 N–H and O–H groups in total. The molecule has 0 saturated carbocycles. The predicted molar refractivity (Wildman–Crippen MR) is 49.9 cm³/mol. The van der Waals surface area contributed by atoms with Gasteiger partial charge in [-0.15, -0.1) is 0 Å². The molecule has 0 unspecified atom stereocenters. The Hall–Kier alpha value is -0.795. The van der Waals surface area contributed by atoms with E-state index in [1.165, 1.54) is 5.56 Å². The van der Waals surface area contributed by atoms with Gasteiger partial charge in [-0.25, -0.2) is 0 Å². The average Bonchev–Trinajstić information content (AvgIpc) is 2.54. The van der Waals surface area contributed by atoms with Gasteiger partial charge in [0.25, 0.3) is 0 Å². The summed E-state index contributed by atoms with van der Waals surface area (Å²) in [7, 11) is 0.190. The van der Waals surface area contributed by atoms with Gasteiger partial charge in [-0.2, -0.15) is 0 Å². The first-order valence-electron chi connectivity index (χ1n) is 4.29. The molecule has 1 aromatic rings. The maximum absolute atomic E-state index is 5.41. The molecule has 62 valence electrons. The molecule has 0 amide bonds. The molecule has 1 aromatic carbocycles. The Bertz CT molecular complexity index is 252. The topological polar surface area (TPSA) is 21.3 Å². The van der Waals surface area contributed by atoms with Crippen LogP contribution in [0, 0.1) is 0 Å². The van der Waals surface area contributed by atoms with Crippen molar-refractivity contribution in [2.75, 3.05) is 6.61 Å². The standard InChI is InChI=1S/C9H12BNO/c1-10-11-9(7-12-10)8-5-3-2-4-6-8/h2-6,9,11H,7H2,1H3/t9-/m0/s1. The zero-order chi connectivity index (χ0) is 8.39. The quantitative estimate of drug-likeness (QED) is 0.629. The van der Waals surface area contributed by atoms with Crippen LogP contribution in [0.3, 0.4) is 0 Å². The van der Waals surface area contributed by atoms with Gasteiger partial charge in [-0.05, 0) is 12.4 Å². The van der Waals surface area contributed by atoms with Crippen molar-refractivity contribution in [2.45, 2.75) is 12.9 Å². The highest BCUT2D eigenvalue weighted by atomic mass is 16.5. The Morgan fingerprint density at radius 2 is 2.17 bits per heavy atom. The minimum absolute atomic E-state index is 0.190. The second-order valence-corrected chi connectivity index (χ2v) is 3.11. The molecule has 0 radical (unpaired) electrons. The average molecular weight is 161 g/mol. The lowest BCUT2D eigenvalue weighted by atomic mass is 9.88. The van der Waals surface area contributed by atoms with E-state index in [1.807, 2.05) is 12.9 Å². The summed E-state index contributed by atoms with van der Waals surface area (Å²) in [5, 5.41) is 3.35. The minimum atomic E-state index is 0.190. The Labute approximate surface area is 73.1 Å². The molecular weight excluding hydrogens is 149 g/mol. The molecular formula is C9H12BNO. The van der Waals surface area contributed by atoms with E-state index in [-0.39, 0.29) is 7.05 Å². The molecule has 2 nitrogen and oxygen atoms in total. The van der Waals surface area contributed by atoms with Gasteiger partial charge >= 0.3 is 7.05 Å². The normalized spacial score (nSPS) is 23.1. The zero-order valence-electron chi connectivity index (χ0n) is 7.16. The molecule has 2 rings (SSSR count). The van der Waals surface area contributed by atoms with Crippen LogP contribution in [0.4, 0.5) is 0 Å². The number of hydrogen-bond donors (Lipinski definition) is 1. The van der Waals surface area contributed by atoms with Crippen LogP contribution < -0.4 is 5.23 Å². The fourth-order valence-electron chi connectivity index (χ4n) is 1.50. The Balaban J connectivity index is 2.11. The first kappa shape index (κ1) is 7.83. The summed E-state index contributed by atoms with van der Waals surface area (Å²) >= 11 is 0. The lowest BCUT2D eigenvalue weighted by Gasteiger charge is -2.08. The summed E-state index contributed by atoms with van der Waals surface area (Å²) in [5.41, 5.74) is 1.31. The summed E-state index contributed by atoms with van der Waals surface area (Å²) in [5.74, 6) is 0. The van der Waals surface area contributed by atoms with Crippen molar-refractivity contribution >= 4 is 7.05 Å². The van der Waals surface area contributed by atoms with Gasteiger partial charge < -0.3 is 9.88 Å². The minimum Gasteiger partial charge on any atom is -0.420 e. The van der Waals surface area contributed by atoms with Crippen molar-refractivity contribution in [1.29, 1.82) is 0 Å². The molecule has 1 aliphatic heterocycles. The van der Waals surface area contributed by atoms with Gasteiger partial charge in [-0.1, -0.05) is 30.3 Å². The van der Waals surface area contributed by atoms with Gasteiger partial charge in [-0.3, -0.25) is 0 Å². The lowest BCUT2D eigenvalue weighted by Crippen LogP contribution is -2.26. The van der Waals surface area contributed by atoms with Crippen LogP contribution in [-0.2, 0) is 4.65 Å². The SMILES string of the molecule is CB1N[C@H](c2ccccc2)CO1. The summed E-state index contributed by atoms with van der Waals surface area (Å²) < 4.78 is 5.41. The Morgan fingerprint density at radius 3 is 2.75 bits per heavy atom. The van der Waals surface area contributed by atoms with E-state index < -0.39 is 0 Å². The molecule has 0 aromatic heterocycles. The van der Waals surface area contributed by atoms with E-state index in [9.17, 15) is 0 Å². The van der Waals surface area contributed by atoms with Crippen molar-refractivity contribution in [3.05, 3.63) is 35.9 Å². The van der Waals surface area contributed by atoms with E-state index in [0.717, 1.165) is 6.61 Å². The van der Waals surface area contributed by atoms with Gasteiger partial charge in [0.15, 0.2) is 0 Å². The van der Waals surface area contributed by atoms with E-state index in [0.29, 0.717) is 6.04 Å². The molecule has 0 aliphatic carbocycles. The molecule has 0 bridgehead atoms. The number of nitrogens with one attached hydrogen (secondary N) is 1. The summed E-state index contributed by atoms with van der Waals surface area (Å²) in [6.45, 7) is 2.81. The van der Waals surface area contributed by atoms with Gasteiger partial charge in [0.1, 0.15) is 0 Å². The van der Waals surface area contributed by atoms with E-state index in [4.69, 9.17) is 4.65 Å². The van der Waals surface area contributed by atoms with Crippen molar-refractivity contribution in [3.63, 3.8) is 0 Å². The maximum Gasteiger partial charge on any atom is 0.376 e. The third kappa shape index (κ3) is 1.52. The molecule has 1 aliphatic rings. The van der Waals surface area contributed by atoms with Crippen molar-refractivity contribution in [3.8, 4) is 0 Å². The van der Waals surface area contributed by atoms with Crippen LogP contribution >= 0.6 is 0 Å². The molecule has 1 saturated heterocycles. The third-order valence-corrected chi connectivity index (χ3v) is 2.15. The first-order valence-corrected chi connectivity index (χ1v) is 4.29. The van der Waals surface area contributed by atoms with Crippen LogP contribution in [-0.4, -0.2) is 13.7 Å². The van der Waals surface area contributed by atoms with Crippen molar-refractivity contribution < 1.29 is 4.65 Å². The van der Waals surface area contributed by atoms with Crippen LogP contribution in [0.25, 0.3) is 0 Å². The van der Waals surface area contributed by atoms with Crippen LogP contribution in [0.1, 0.15) is 11.6 Å². The van der Waals surface area contributed by atoms with Crippen LogP contribution in [0.5, 0.6) is 0 Å². The van der Waals surface area contributed by atoms with Gasteiger partial charge in [0.2, 0.25) is 0 Å². The fraction of sp³-hybridized carbons (Fsp3) is 0.333. The summed E-state index contributed by atoms with van der Waals surface area (Å²) in [6, 6.07) is 10.8. The summed E-state index contributed by atoms with van der Waals surface area (Å²) in [6.07, 6.45) is 0. The first-order chi connectivity index (χ1) is 5.86. The third-order valence-electron chi connectivity index (χ3n) is 2.15. The smallest absolute Gasteiger partial charge is 0.376 e. The molecule has 12 heavy (non-hydrogen) atoms. The van der Waals surface area contributed by atoms with E-state index in [1.54, 1.807) is 0 Å². The van der Waals surface area contributed by atoms with Crippen molar-refractivity contribution in [1.82, 2.24) is 5.23 Å². The number of hydrogen-bond acceptors (Lipinski definition) is 2. The molecule has 1 atom stereocenters. The monoisotopic (exact) mass is 161 g/mol. The van der Waals surface area contributed by atoms with Crippen molar-refractivity contribution in [2.24, 2.45) is 0 Å². The van der Waals surface area contributed by atoms with Gasteiger partial charge in [0.05, 0.1) is 0 Å². The van der Waals surface area contributed by atoms with E-state index >= 15 is 0 Å². The predicted octanol–water partition coefficient (Wildman–Crippen LogP) is 1.47. The number of rotatable bonds is 1. The Morgan fingerprint density at radius 1 is 1.42 bits per heavy atom. The van der Waals surface area contributed by atoms with Crippen LogP contribution in [0.15, 0.2) is 30.3 Å². The highest BCUT2D eigenvalue weighted by molar-refractivity contribution is 6.47. The highest BCUT2D eigenvalue weighted by Crippen LogP contribution is 2.17. The maximum atomic E-state index is 5.41. The largest absolute Gasteiger partial charge is 0.420 e. The fourth-order valence-corrected chi connectivity index (χ4v) is 1.50. The zero-order valence-corrected chi connectivity index (χ0v) is 7.16. The van der Waals surface area contributed by atoms with Gasteiger partial charge in [0, 0.05) is 12.6 Å². The number of benzene rings is 1. The second kappa shape index (κ2) is 3.29. The van der Waals surface area contributed by atoms with Crippen LogP contribution in [0.2, 0.25) is 6.82 Å². The lowest BCUT2D eigenvalue weighted by molar-refractivity contribution is 0.344. The molecule has 3 heteroatoms. The molecule has 1 fully saturated rings.